The highest BCUT2D eigenvalue weighted by Crippen LogP contribution is 2.07. The van der Waals surface area contributed by atoms with E-state index in [2.05, 4.69) is 0 Å². The third kappa shape index (κ3) is 3.19. The molecule has 0 saturated carbocycles. The molecule has 0 unspecified atom stereocenters. The van der Waals surface area contributed by atoms with Crippen LogP contribution in [-0.4, -0.2) is 17.8 Å². The quantitative estimate of drug-likeness (QED) is 0.692. The fourth-order valence-electron chi connectivity index (χ4n) is 0.975. The van der Waals surface area contributed by atoms with E-state index in [-0.39, 0.29) is 11.6 Å². The molecular weight excluding hydrogens is 187 g/mol. The van der Waals surface area contributed by atoms with Crippen LogP contribution in [0.5, 0.6) is 0 Å². The summed E-state index contributed by atoms with van der Waals surface area (Å²) >= 11 is 1.63. The predicted molar refractivity (Wildman–Crippen MR) is 53.7 cm³/mol. The summed E-state index contributed by atoms with van der Waals surface area (Å²) in [6.07, 6.45) is 2.48. The number of benzene rings is 1. The van der Waals surface area contributed by atoms with Crippen molar-refractivity contribution in [3.05, 3.63) is 35.6 Å². The molecule has 70 valence electrons. The van der Waals surface area contributed by atoms with Crippen molar-refractivity contribution in [1.29, 1.82) is 0 Å². The van der Waals surface area contributed by atoms with Crippen molar-refractivity contribution >= 4 is 17.5 Å². The van der Waals surface area contributed by atoms with Crippen molar-refractivity contribution in [2.24, 2.45) is 0 Å². The van der Waals surface area contributed by atoms with Gasteiger partial charge in [-0.15, -0.1) is 0 Å². The number of carbonyl (C=O) groups is 1. The lowest BCUT2D eigenvalue weighted by molar-refractivity contribution is 0.0989. The van der Waals surface area contributed by atoms with Crippen molar-refractivity contribution in [2.75, 3.05) is 12.0 Å². The topological polar surface area (TPSA) is 17.1 Å². The van der Waals surface area contributed by atoms with Gasteiger partial charge in [0.25, 0.3) is 0 Å². The Labute approximate surface area is 81.3 Å². The Morgan fingerprint density at radius 1 is 1.38 bits per heavy atom. The Morgan fingerprint density at radius 3 is 2.54 bits per heavy atom. The van der Waals surface area contributed by atoms with Crippen LogP contribution in [0.3, 0.4) is 0 Å². The first kappa shape index (κ1) is 10.3. The van der Waals surface area contributed by atoms with E-state index >= 15 is 0 Å². The normalized spacial score (nSPS) is 10.0. The smallest absolute Gasteiger partial charge is 0.163 e. The largest absolute Gasteiger partial charge is 0.294 e. The van der Waals surface area contributed by atoms with E-state index in [1.807, 2.05) is 6.26 Å². The molecule has 0 bridgehead atoms. The molecule has 1 aromatic carbocycles. The molecule has 0 amide bonds. The van der Waals surface area contributed by atoms with Crippen LogP contribution in [0, 0.1) is 5.82 Å². The number of rotatable bonds is 4. The van der Waals surface area contributed by atoms with Gasteiger partial charge in [0.2, 0.25) is 0 Å². The summed E-state index contributed by atoms with van der Waals surface area (Å²) in [7, 11) is 0. The van der Waals surface area contributed by atoms with Gasteiger partial charge in [0.1, 0.15) is 5.82 Å². The lowest BCUT2D eigenvalue weighted by Crippen LogP contribution is -2.00. The highest BCUT2D eigenvalue weighted by atomic mass is 32.2. The fourth-order valence-corrected chi connectivity index (χ4v) is 1.36. The number of carbonyl (C=O) groups excluding carboxylic acids is 1. The monoisotopic (exact) mass is 198 g/mol. The van der Waals surface area contributed by atoms with Crippen LogP contribution >= 0.6 is 11.8 Å². The van der Waals surface area contributed by atoms with Gasteiger partial charge in [-0.3, -0.25) is 4.79 Å². The van der Waals surface area contributed by atoms with Crippen LogP contribution in [0.4, 0.5) is 4.39 Å². The maximum atomic E-state index is 12.5. The minimum absolute atomic E-state index is 0.0781. The van der Waals surface area contributed by atoms with Crippen LogP contribution in [0.1, 0.15) is 16.8 Å². The van der Waals surface area contributed by atoms with Gasteiger partial charge >= 0.3 is 0 Å². The minimum Gasteiger partial charge on any atom is -0.294 e. The average Bonchev–Trinajstić information content (AvgIpc) is 2.15. The maximum Gasteiger partial charge on any atom is 0.163 e. The molecule has 13 heavy (non-hydrogen) atoms. The van der Waals surface area contributed by atoms with Crippen molar-refractivity contribution in [2.45, 2.75) is 6.42 Å². The van der Waals surface area contributed by atoms with Gasteiger partial charge in [-0.25, -0.2) is 4.39 Å². The van der Waals surface area contributed by atoms with E-state index in [0.717, 1.165) is 5.75 Å². The molecule has 0 fully saturated rings. The summed E-state index contributed by atoms with van der Waals surface area (Å²) in [6, 6.07) is 5.68. The van der Waals surface area contributed by atoms with Crippen molar-refractivity contribution in [1.82, 2.24) is 0 Å². The van der Waals surface area contributed by atoms with Crippen LogP contribution in [0.15, 0.2) is 24.3 Å². The minimum atomic E-state index is -0.304. The molecule has 0 aliphatic carbocycles. The van der Waals surface area contributed by atoms with E-state index < -0.39 is 0 Å². The summed E-state index contributed by atoms with van der Waals surface area (Å²) < 4.78 is 12.5. The lowest BCUT2D eigenvalue weighted by Gasteiger charge is -1.98. The van der Waals surface area contributed by atoms with Crippen LogP contribution in [0.2, 0.25) is 0 Å². The molecular formula is C10H11FOS. The summed E-state index contributed by atoms with van der Waals surface area (Å²) in [5.41, 5.74) is 0.593. The molecule has 0 aliphatic heterocycles. The van der Waals surface area contributed by atoms with E-state index in [1.54, 1.807) is 11.8 Å². The first-order valence-corrected chi connectivity index (χ1v) is 5.41. The van der Waals surface area contributed by atoms with Gasteiger partial charge < -0.3 is 0 Å². The van der Waals surface area contributed by atoms with Gasteiger partial charge in [-0.05, 0) is 30.5 Å². The number of hydrogen-bond acceptors (Lipinski definition) is 2. The Hall–Kier alpha value is -0.830. The third-order valence-electron chi connectivity index (χ3n) is 1.70. The molecule has 0 saturated heterocycles. The van der Waals surface area contributed by atoms with Crippen LogP contribution < -0.4 is 0 Å². The zero-order chi connectivity index (χ0) is 9.68. The molecule has 3 heteroatoms. The Balaban J connectivity index is 2.61. The molecule has 1 rings (SSSR count). The third-order valence-corrected chi connectivity index (χ3v) is 2.31. The van der Waals surface area contributed by atoms with Crippen molar-refractivity contribution in [3.8, 4) is 0 Å². The lowest BCUT2D eigenvalue weighted by atomic mass is 10.1. The summed E-state index contributed by atoms with van der Waals surface area (Å²) in [4.78, 5) is 11.4. The molecule has 0 heterocycles. The fraction of sp³-hybridized carbons (Fsp3) is 0.300. The van der Waals surface area contributed by atoms with E-state index in [0.29, 0.717) is 12.0 Å². The van der Waals surface area contributed by atoms with Gasteiger partial charge in [0, 0.05) is 17.7 Å². The summed E-state index contributed by atoms with van der Waals surface area (Å²) in [5.74, 6) is 0.590. The second kappa shape index (κ2) is 5.02. The molecule has 1 aromatic rings. The van der Waals surface area contributed by atoms with Crippen LogP contribution in [0.25, 0.3) is 0 Å². The van der Waals surface area contributed by atoms with Crippen LogP contribution in [-0.2, 0) is 0 Å². The molecule has 0 N–H and O–H groups in total. The second-order valence-corrected chi connectivity index (χ2v) is 3.66. The molecule has 0 atom stereocenters. The standard InChI is InChI=1S/C10H11FOS/c1-13-7-6-10(12)8-2-4-9(11)5-3-8/h2-5H,6-7H2,1H3. The average molecular weight is 198 g/mol. The first-order chi connectivity index (χ1) is 6.24. The molecule has 0 spiro atoms. The van der Waals surface area contributed by atoms with Crippen molar-refractivity contribution < 1.29 is 9.18 Å². The molecule has 0 radical (unpaired) electrons. The zero-order valence-electron chi connectivity index (χ0n) is 7.42. The Bertz CT molecular complexity index is 281. The highest BCUT2D eigenvalue weighted by Gasteiger charge is 2.04. The van der Waals surface area contributed by atoms with E-state index in [4.69, 9.17) is 0 Å². The maximum absolute atomic E-state index is 12.5. The number of thioether (sulfide) groups is 1. The van der Waals surface area contributed by atoms with E-state index in [9.17, 15) is 9.18 Å². The molecule has 0 aromatic heterocycles. The Kier molecular flexibility index (Phi) is 3.96. The molecule has 0 aliphatic rings. The van der Waals surface area contributed by atoms with Crippen molar-refractivity contribution in [3.63, 3.8) is 0 Å². The second-order valence-electron chi connectivity index (χ2n) is 2.67. The number of halogens is 1. The van der Waals surface area contributed by atoms with Gasteiger partial charge in [0.05, 0.1) is 0 Å². The Morgan fingerprint density at radius 2 is 2.00 bits per heavy atom. The van der Waals surface area contributed by atoms with Gasteiger partial charge in [-0.2, -0.15) is 11.8 Å². The van der Waals surface area contributed by atoms with Gasteiger partial charge in [0.15, 0.2) is 5.78 Å². The highest BCUT2D eigenvalue weighted by molar-refractivity contribution is 7.98. The zero-order valence-corrected chi connectivity index (χ0v) is 8.23. The SMILES string of the molecule is CSCCC(=O)c1ccc(F)cc1. The predicted octanol–water partition coefficient (Wildman–Crippen LogP) is 2.76. The molecule has 1 nitrogen and oxygen atoms in total. The number of ketones is 1. The summed E-state index contributed by atoms with van der Waals surface area (Å²) in [6.45, 7) is 0. The number of Topliss-reactive ketones (excluding diaryl/α,β-unsaturated/α-hetero) is 1. The van der Waals surface area contributed by atoms with Gasteiger partial charge in [-0.1, -0.05) is 0 Å². The summed E-state index contributed by atoms with van der Waals surface area (Å²) in [5, 5.41) is 0. The number of hydrogen-bond donors (Lipinski definition) is 0. The van der Waals surface area contributed by atoms with E-state index in [1.165, 1.54) is 24.3 Å². The first-order valence-electron chi connectivity index (χ1n) is 4.01.